The first-order chi connectivity index (χ1) is 11.6. The maximum atomic E-state index is 12.0. The first-order valence-electron chi connectivity index (χ1n) is 9.54. The van der Waals surface area contributed by atoms with Crippen molar-refractivity contribution in [2.24, 2.45) is 11.0 Å². The van der Waals surface area contributed by atoms with Crippen LogP contribution in [0.5, 0.6) is 0 Å². The molecule has 0 aromatic heterocycles. The van der Waals surface area contributed by atoms with Gasteiger partial charge < -0.3 is 0 Å². The van der Waals surface area contributed by atoms with Gasteiger partial charge in [-0.15, -0.1) is 0 Å². The van der Waals surface area contributed by atoms with Crippen molar-refractivity contribution in [3.63, 3.8) is 0 Å². The Bertz CT molecular complexity index is 480. The summed E-state index contributed by atoms with van der Waals surface area (Å²) in [5.41, 5.74) is 4.79. The number of hydrazone groups is 1. The number of rotatable bonds is 12. The molecule has 134 valence electrons. The highest BCUT2D eigenvalue weighted by atomic mass is 16.2. The Morgan fingerprint density at radius 1 is 1.00 bits per heavy atom. The lowest BCUT2D eigenvalue weighted by Crippen LogP contribution is -2.20. The first-order valence-corrected chi connectivity index (χ1v) is 9.54. The van der Waals surface area contributed by atoms with E-state index in [4.69, 9.17) is 0 Å². The molecule has 1 rings (SSSR count). The molecule has 0 bridgehead atoms. The third kappa shape index (κ3) is 9.49. The Morgan fingerprint density at radius 3 is 2.25 bits per heavy atom. The van der Waals surface area contributed by atoms with E-state index < -0.39 is 0 Å². The van der Waals surface area contributed by atoms with Crippen LogP contribution in [0.3, 0.4) is 0 Å². The number of benzene rings is 1. The molecule has 0 saturated carbocycles. The summed E-state index contributed by atoms with van der Waals surface area (Å²) >= 11 is 0. The summed E-state index contributed by atoms with van der Waals surface area (Å²) < 4.78 is 0. The van der Waals surface area contributed by atoms with Gasteiger partial charge in [-0.05, 0) is 24.3 Å². The lowest BCUT2D eigenvalue weighted by Gasteiger charge is -2.10. The summed E-state index contributed by atoms with van der Waals surface area (Å²) in [6.07, 6.45) is 9.98. The molecular weight excluding hydrogens is 296 g/mol. The molecule has 3 heteroatoms. The van der Waals surface area contributed by atoms with Crippen molar-refractivity contribution in [1.82, 2.24) is 5.43 Å². The van der Waals surface area contributed by atoms with E-state index >= 15 is 0 Å². The maximum absolute atomic E-state index is 12.0. The summed E-state index contributed by atoms with van der Waals surface area (Å²) in [6, 6.07) is 10.1. The Hall–Kier alpha value is -1.64. The molecule has 1 N–H and O–H groups in total. The zero-order chi connectivity index (χ0) is 17.6. The van der Waals surface area contributed by atoms with Crippen LogP contribution in [0.15, 0.2) is 35.4 Å². The minimum Gasteiger partial charge on any atom is -0.273 e. The average molecular weight is 331 g/mol. The molecule has 0 fully saturated rings. The number of nitrogens with zero attached hydrogens (tertiary/aromatic N) is 1. The molecule has 0 atom stereocenters. The highest BCUT2D eigenvalue weighted by Gasteiger charge is 2.07. The molecular formula is C21H34N2O. The summed E-state index contributed by atoms with van der Waals surface area (Å²) in [5, 5.41) is 4.39. The minimum atomic E-state index is 0.0285. The number of amides is 1. The van der Waals surface area contributed by atoms with Crippen LogP contribution in [-0.2, 0) is 4.79 Å². The van der Waals surface area contributed by atoms with Gasteiger partial charge in [0.15, 0.2) is 0 Å². The van der Waals surface area contributed by atoms with Gasteiger partial charge in [-0.25, -0.2) is 5.43 Å². The van der Waals surface area contributed by atoms with Crippen LogP contribution in [0.2, 0.25) is 0 Å². The van der Waals surface area contributed by atoms with E-state index in [1.807, 2.05) is 30.3 Å². The molecule has 3 nitrogen and oxygen atoms in total. The third-order valence-electron chi connectivity index (χ3n) is 4.03. The second kappa shape index (κ2) is 12.7. The molecule has 0 spiro atoms. The van der Waals surface area contributed by atoms with Crippen molar-refractivity contribution >= 4 is 11.6 Å². The molecule has 0 unspecified atom stereocenters. The minimum absolute atomic E-state index is 0.0285. The third-order valence-corrected chi connectivity index (χ3v) is 4.03. The average Bonchev–Trinajstić information content (AvgIpc) is 2.58. The van der Waals surface area contributed by atoms with Gasteiger partial charge in [-0.1, -0.05) is 89.6 Å². The number of carbonyl (C=O) groups is 1. The Morgan fingerprint density at radius 2 is 1.62 bits per heavy atom. The highest BCUT2D eigenvalue weighted by molar-refractivity contribution is 6.01. The quantitative estimate of drug-likeness (QED) is 0.298. The van der Waals surface area contributed by atoms with Gasteiger partial charge in [0.2, 0.25) is 5.91 Å². The van der Waals surface area contributed by atoms with E-state index in [-0.39, 0.29) is 5.91 Å². The zero-order valence-corrected chi connectivity index (χ0v) is 15.7. The van der Waals surface area contributed by atoms with Gasteiger partial charge in [0.25, 0.3) is 0 Å². The summed E-state index contributed by atoms with van der Waals surface area (Å²) in [6.45, 7) is 6.56. The fourth-order valence-electron chi connectivity index (χ4n) is 2.67. The number of nitrogens with one attached hydrogen (secondary N) is 1. The van der Waals surface area contributed by atoms with Crippen molar-refractivity contribution in [1.29, 1.82) is 0 Å². The van der Waals surface area contributed by atoms with Crippen LogP contribution in [0, 0.1) is 5.92 Å². The van der Waals surface area contributed by atoms with E-state index in [1.54, 1.807) is 0 Å². The Kier molecular flexibility index (Phi) is 10.8. The zero-order valence-electron chi connectivity index (χ0n) is 15.7. The second-order valence-electron chi connectivity index (χ2n) is 6.93. The van der Waals surface area contributed by atoms with Crippen molar-refractivity contribution in [3.8, 4) is 0 Å². The number of hydrogen-bond acceptors (Lipinski definition) is 2. The van der Waals surface area contributed by atoms with E-state index in [0.29, 0.717) is 12.3 Å². The molecule has 0 aliphatic heterocycles. The molecule has 0 saturated heterocycles. The predicted molar refractivity (Wildman–Crippen MR) is 103 cm³/mol. The van der Waals surface area contributed by atoms with E-state index in [9.17, 15) is 4.79 Å². The molecule has 0 aliphatic rings. The van der Waals surface area contributed by atoms with Crippen molar-refractivity contribution < 1.29 is 4.79 Å². The SMILES string of the molecule is CCCCCCCCCC(=O)NN=C(CC(C)C)c1ccccc1. The first kappa shape index (κ1) is 20.4. The summed E-state index contributed by atoms with van der Waals surface area (Å²) in [4.78, 5) is 12.0. The van der Waals surface area contributed by atoms with Gasteiger partial charge in [0.1, 0.15) is 0 Å². The van der Waals surface area contributed by atoms with Gasteiger partial charge in [-0.3, -0.25) is 4.79 Å². The molecule has 0 heterocycles. The summed E-state index contributed by atoms with van der Waals surface area (Å²) in [5.74, 6) is 0.532. The lowest BCUT2D eigenvalue weighted by atomic mass is 10.0. The topological polar surface area (TPSA) is 41.5 Å². The smallest absolute Gasteiger partial charge is 0.240 e. The number of unbranched alkanes of at least 4 members (excludes halogenated alkanes) is 6. The normalized spacial score (nSPS) is 11.8. The monoisotopic (exact) mass is 330 g/mol. The Balaban J connectivity index is 2.36. The molecule has 1 amide bonds. The predicted octanol–water partition coefficient (Wildman–Crippen LogP) is 5.69. The fraction of sp³-hybridized carbons (Fsp3) is 0.619. The molecule has 1 aromatic rings. The van der Waals surface area contributed by atoms with Crippen LogP contribution in [0.1, 0.15) is 84.1 Å². The van der Waals surface area contributed by atoms with Gasteiger partial charge in [0.05, 0.1) is 5.71 Å². The largest absolute Gasteiger partial charge is 0.273 e. The highest BCUT2D eigenvalue weighted by Crippen LogP contribution is 2.11. The van der Waals surface area contributed by atoms with Crippen molar-refractivity contribution in [2.45, 2.75) is 78.6 Å². The molecule has 24 heavy (non-hydrogen) atoms. The fourth-order valence-corrected chi connectivity index (χ4v) is 2.67. The number of hydrogen-bond donors (Lipinski definition) is 1. The number of carbonyl (C=O) groups excluding carboxylic acids is 1. The Labute approximate surface area is 147 Å². The van der Waals surface area contributed by atoms with Gasteiger partial charge in [-0.2, -0.15) is 5.10 Å². The standard InChI is InChI=1S/C21H34N2O/c1-4-5-6-7-8-9-13-16-21(24)23-22-20(17-18(2)3)19-14-11-10-12-15-19/h10-12,14-15,18H,4-9,13,16-17H2,1-3H3,(H,23,24). The van der Waals surface area contributed by atoms with E-state index in [0.717, 1.165) is 30.5 Å². The summed E-state index contributed by atoms with van der Waals surface area (Å²) in [7, 11) is 0. The van der Waals surface area contributed by atoms with Crippen LogP contribution < -0.4 is 5.43 Å². The van der Waals surface area contributed by atoms with E-state index in [2.05, 4.69) is 31.3 Å². The van der Waals surface area contributed by atoms with E-state index in [1.165, 1.54) is 32.1 Å². The van der Waals surface area contributed by atoms with Crippen molar-refractivity contribution in [3.05, 3.63) is 35.9 Å². The second-order valence-corrected chi connectivity index (χ2v) is 6.93. The van der Waals surface area contributed by atoms with Gasteiger partial charge >= 0.3 is 0 Å². The maximum Gasteiger partial charge on any atom is 0.240 e. The van der Waals surface area contributed by atoms with Crippen molar-refractivity contribution in [2.75, 3.05) is 0 Å². The molecule has 0 aliphatic carbocycles. The van der Waals surface area contributed by atoms with Gasteiger partial charge in [0, 0.05) is 6.42 Å². The van der Waals surface area contributed by atoms with Crippen LogP contribution >= 0.6 is 0 Å². The molecule has 0 radical (unpaired) electrons. The van der Waals surface area contributed by atoms with Crippen LogP contribution in [0.25, 0.3) is 0 Å². The molecule has 1 aromatic carbocycles. The van der Waals surface area contributed by atoms with Crippen LogP contribution in [0.4, 0.5) is 0 Å². The lowest BCUT2D eigenvalue weighted by molar-refractivity contribution is -0.121. The van der Waals surface area contributed by atoms with Crippen LogP contribution in [-0.4, -0.2) is 11.6 Å².